The highest BCUT2D eigenvalue weighted by Gasteiger charge is 2.28. The monoisotopic (exact) mass is 373 g/mol. The fourth-order valence-electron chi connectivity index (χ4n) is 3.35. The number of anilines is 1. The Balaban J connectivity index is 1.62. The molecule has 1 unspecified atom stereocenters. The lowest BCUT2D eigenvalue weighted by Crippen LogP contribution is -2.45. The second-order valence-electron chi connectivity index (χ2n) is 6.92. The molecule has 7 heteroatoms. The van der Waals surface area contributed by atoms with Gasteiger partial charge in [-0.1, -0.05) is 12.2 Å². The lowest BCUT2D eigenvalue weighted by Gasteiger charge is -2.36. The van der Waals surface area contributed by atoms with Crippen molar-refractivity contribution in [3.05, 3.63) is 35.9 Å². The maximum Gasteiger partial charge on any atom is 0.251 e. The van der Waals surface area contributed by atoms with Crippen LogP contribution in [0.4, 0.5) is 5.69 Å². The van der Waals surface area contributed by atoms with E-state index in [1.165, 1.54) is 0 Å². The van der Waals surface area contributed by atoms with Crippen molar-refractivity contribution in [1.82, 2.24) is 10.6 Å². The van der Waals surface area contributed by atoms with Crippen molar-refractivity contribution in [2.75, 3.05) is 38.8 Å². The van der Waals surface area contributed by atoms with E-state index in [9.17, 15) is 9.59 Å². The molecule has 27 heavy (non-hydrogen) atoms. The molecule has 0 saturated heterocycles. The summed E-state index contributed by atoms with van der Waals surface area (Å²) in [7, 11) is 3.53. The Morgan fingerprint density at radius 3 is 2.81 bits per heavy atom. The highest BCUT2D eigenvalue weighted by molar-refractivity contribution is 5.95. The average molecular weight is 373 g/mol. The van der Waals surface area contributed by atoms with Gasteiger partial charge in [-0.2, -0.15) is 0 Å². The number of hydrogen-bond donors (Lipinski definition) is 2. The molecule has 0 fully saturated rings. The Morgan fingerprint density at radius 1 is 1.30 bits per heavy atom. The predicted octanol–water partition coefficient (Wildman–Crippen LogP) is 1.48. The van der Waals surface area contributed by atoms with Gasteiger partial charge in [0.15, 0.2) is 0 Å². The van der Waals surface area contributed by atoms with E-state index >= 15 is 0 Å². The third kappa shape index (κ3) is 4.80. The number of nitrogens with one attached hydrogen (secondary N) is 2. The van der Waals surface area contributed by atoms with Crippen LogP contribution in [-0.2, 0) is 9.53 Å². The molecule has 0 bridgehead atoms. The van der Waals surface area contributed by atoms with Crippen LogP contribution in [-0.4, -0.2) is 57.8 Å². The first-order valence-electron chi connectivity index (χ1n) is 9.29. The molecule has 2 N–H and O–H groups in total. The van der Waals surface area contributed by atoms with Gasteiger partial charge in [0.05, 0.1) is 24.8 Å². The Hall–Kier alpha value is -2.54. The summed E-state index contributed by atoms with van der Waals surface area (Å²) in [5.74, 6) is 0.598. The van der Waals surface area contributed by atoms with Crippen LogP contribution in [0.1, 0.15) is 29.6 Å². The van der Waals surface area contributed by atoms with Crippen molar-refractivity contribution in [3.8, 4) is 5.75 Å². The molecule has 1 aliphatic carbocycles. The summed E-state index contributed by atoms with van der Waals surface area (Å²) in [6.07, 6.45) is 6.34. The van der Waals surface area contributed by atoms with E-state index in [-0.39, 0.29) is 23.9 Å². The first-order valence-corrected chi connectivity index (χ1v) is 9.29. The number of nitrogens with zero attached hydrogens (tertiary/aromatic N) is 1. The first-order chi connectivity index (χ1) is 13.1. The van der Waals surface area contributed by atoms with Crippen LogP contribution in [0.15, 0.2) is 30.4 Å². The SMILES string of the molecule is COCCNC(=O)c1ccc2c(c1)N(C)C(CC(=O)NC1CC=CC1)CO2. The molecular formula is C20H27N3O4. The zero-order valence-electron chi connectivity index (χ0n) is 15.9. The van der Waals surface area contributed by atoms with Gasteiger partial charge >= 0.3 is 0 Å². The smallest absolute Gasteiger partial charge is 0.251 e. The molecule has 7 nitrogen and oxygen atoms in total. The third-order valence-corrected chi connectivity index (χ3v) is 4.97. The van der Waals surface area contributed by atoms with Crippen LogP contribution in [0, 0.1) is 0 Å². The Labute approximate surface area is 159 Å². The number of hydrogen-bond acceptors (Lipinski definition) is 5. The zero-order valence-corrected chi connectivity index (χ0v) is 15.9. The molecule has 2 amide bonds. The van der Waals surface area contributed by atoms with E-state index in [0.29, 0.717) is 31.7 Å². The summed E-state index contributed by atoms with van der Waals surface area (Å²) in [4.78, 5) is 26.6. The minimum atomic E-state index is -0.156. The highest BCUT2D eigenvalue weighted by Crippen LogP contribution is 2.34. The third-order valence-electron chi connectivity index (χ3n) is 4.97. The molecule has 2 aliphatic rings. The Morgan fingerprint density at radius 2 is 2.07 bits per heavy atom. The van der Waals surface area contributed by atoms with Crippen LogP contribution in [0.5, 0.6) is 5.75 Å². The van der Waals surface area contributed by atoms with Crippen molar-refractivity contribution < 1.29 is 19.1 Å². The normalized spacial score (nSPS) is 18.7. The van der Waals surface area contributed by atoms with Gasteiger partial charge in [0, 0.05) is 32.3 Å². The van der Waals surface area contributed by atoms with Gasteiger partial charge in [0.1, 0.15) is 12.4 Å². The van der Waals surface area contributed by atoms with Crippen LogP contribution in [0.3, 0.4) is 0 Å². The van der Waals surface area contributed by atoms with Crippen molar-refractivity contribution in [2.45, 2.75) is 31.3 Å². The highest BCUT2D eigenvalue weighted by atomic mass is 16.5. The number of benzene rings is 1. The molecule has 1 aromatic rings. The molecule has 1 aliphatic heterocycles. The van der Waals surface area contributed by atoms with Gasteiger partial charge < -0.3 is 25.0 Å². The maximum absolute atomic E-state index is 12.3. The average Bonchev–Trinajstić information content (AvgIpc) is 3.17. The molecule has 146 valence electrons. The van der Waals surface area contributed by atoms with Gasteiger partial charge in [-0.15, -0.1) is 0 Å². The van der Waals surface area contributed by atoms with Gasteiger partial charge in [0.25, 0.3) is 5.91 Å². The molecule has 1 aromatic carbocycles. The number of carbonyl (C=O) groups is 2. The summed E-state index contributed by atoms with van der Waals surface area (Å²) in [6.45, 7) is 1.37. The topological polar surface area (TPSA) is 79.9 Å². The van der Waals surface area contributed by atoms with Gasteiger partial charge in [0.2, 0.25) is 5.91 Å². The molecule has 1 heterocycles. The van der Waals surface area contributed by atoms with Crippen LogP contribution >= 0.6 is 0 Å². The molecular weight excluding hydrogens is 346 g/mol. The van der Waals surface area contributed by atoms with Gasteiger partial charge in [-0.05, 0) is 31.0 Å². The van der Waals surface area contributed by atoms with E-state index in [2.05, 4.69) is 22.8 Å². The van der Waals surface area contributed by atoms with Crippen LogP contribution in [0.2, 0.25) is 0 Å². The van der Waals surface area contributed by atoms with Gasteiger partial charge in [-0.3, -0.25) is 9.59 Å². The number of amides is 2. The molecule has 0 saturated carbocycles. The lowest BCUT2D eigenvalue weighted by atomic mass is 10.1. The molecule has 1 atom stereocenters. The van der Waals surface area contributed by atoms with E-state index in [4.69, 9.17) is 9.47 Å². The molecule has 0 radical (unpaired) electrons. The van der Waals surface area contributed by atoms with Gasteiger partial charge in [-0.25, -0.2) is 0 Å². The Kier molecular flexibility index (Phi) is 6.34. The second kappa shape index (κ2) is 8.90. The largest absolute Gasteiger partial charge is 0.489 e. The summed E-state index contributed by atoms with van der Waals surface area (Å²) >= 11 is 0. The van der Waals surface area contributed by atoms with Crippen molar-refractivity contribution in [2.24, 2.45) is 0 Å². The van der Waals surface area contributed by atoms with E-state index in [0.717, 1.165) is 24.3 Å². The number of ether oxygens (including phenoxy) is 2. The minimum absolute atomic E-state index is 0.0288. The Bertz CT molecular complexity index is 711. The van der Waals surface area contributed by atoms with E-state index in [1.807, 2.05) is 18.0 Å². The minimum Gasteiger partial charge on any atom is -0.489 e. The van der Waals surface area contributed by atoms with Crippen LogP contribution in [0.25, 0.3) is 0 Å². The van der Waals surface area contributed by atoms with E-state index < -0.39 is 0 Å². The number of rotatable bonds is 7. The fourth-order valence-corrected chi connectivity index (χ4v) is 3.35. The lowest BCUT2D eigenvalue weighted by molar-refractivity contribution is -0.122. The maximum atomic E-state index is 12.3. The number of likely N-dealkylation sites (N-methyl/N-ethyl adjacent to an activating group) is 1. The summed E-state index contributed by atoms with van der Waals surface area (Å²) < 4.78 is 10.8. The zero-order chi connectivity index (χ0) is 19.2. The summed E-state index contributed by atoms with van der Waals surface area (Å²) in [5.41, 5.74) is 1.38. The summed E-state index contributed by atoms with van der Waals surface area (Å²) in [6, 6.07) is 5.50. The van der Waals surface area contributed by atoms with Crippen molar-refractivity contribution in [3.63, 3.8) is 0 Å². The van der Waals surface area contributed by atoms with Crippen molar-refractivity contribution in [1.29, 1.82) is 0 Å². The second-order valence-corrected chi connectivity index (χ2v) is 6.92. The fraction of sp³-hybridized carbons (Fsp3) is 0.500. The number of carbonyl (C=O) groups excluding carboxylic acids is 2. The molecule has 3 rings (SSSR count). The predicted molar refractivity (Wildman–Crippen MR) is 103 cm³/mol. The molecule has 0 aromatic heterocycles. The van der Waals surface area contributed by atoms with Crippen molar-refractivity contribution >= 4 is 17.5 Å². The number of fused-ring (bicyclic) bond motifs is 1. The van der Waals surface area contributed by atoms with E-state index in [1.54, 1.807) is 19.2 Å². The molecule has 0 spiro atoms. The first kappa shape index (κ1) is 19.2. The van der Waals surface area contributed by atoms with Crippen LogP contribution < -0.4 is 20.3 Å². The quantitative estimate of drug-likeness (QED) is 0.559. The summed E-state index contributed by atoms with van der Waals surface area (Å²) in [5, 5.41) is 5.88. The number of methoxy groups -OCH3 is 1. The standard InChI is InChI=1S/C20H27N3O4/c1-23-16(12-19(24)22-15-5-3-4-6-15)13-27-18-8-7-14(11-17(18)23)20(25)21-9-10-26-2/h3-4,7-8,11,15-16H,5-6,9-10,12-13H2,1-2H3,(H,21,25)(H,22,24).